The number of carboxylic acids is 1. The topological polar surface area (TPSA) is 110 Å². The van der Waals surface area contributed by atoms with E-state index in [1.807, 2.05) is 6.92 Å². The Bertz CT molecular complexity index is 336. The highest BCUT2D eigenvalue weighted by molar-refractivity contribution is 5.86. The van der Waals surface area contributed by atoms with E-state index in [9.17, 15) is 14.4 Å². The lowest BCUT2D eigenvalue weighted by molar-refractivity contribution is -0.147. The minimum Gasteiger partial charge on any atom is -0.480 e. The largest absolute Gasteiger partial charge is 0.480 e. The zero-order valence-electron chi connectivity index (χ0n) is 11.0. The summed E-state index contributed by atoms with van der Waals surface area (Å²) in [5, 5.41) is 8.70. The Hall–Kier alpha value is -1.63. The molecule has 0 saturated heterocycles. The Morgan fingerprint density at radius 1 is 1.32 bits per heavy atom. The smallest absolute Gasteiger partial charge is 0.323 e. The molecule has 2 amide bonds. The Balaban J connectivity index is 2.40. The molecule has 19 heavy (non-hydrogen) atoms. The Labute approximate surface area is 111 Å². The molecule has 0 unspecified atom stereocenters. The van der Waals surface area contributed by atoms with E-state index >= 15 is 0 Å². The maximum absolute atomic E-state index is 11.9. The Kier molecular flexibility index (Phi) is 5.75. The third-order valence-electron chi connectivity index (χ3n) is 3.08. The average Bonchev–Trinajstić information content (AvgIpc) is 2.23. The third-order valence-corrected chi connectivity index (χ3v) is 3.08. The van der Waals surface area contributed by atoms with Gasteiger partial charge < -0.3 is 20.5 Å². The van der Waals surface area contributed by atoms with Gasteiger partial charge in [0.2, 0.25) is 11.8 Å². The van der Waals surface area contributed by atoms with E-state index in [0.29, 0.717) is 6.61 Å². The molecule has 1 rings (SSSR count). The first-order valence-corrected chi connectivity index (χ1v) is 6.31. The van der Waals surface area contributed by atoms with Crippen LogP contribution in [0, 0.1) is 5.92 Å². The average molecular weight is 272 g/mol. The molecule has 0 bridgehead atoms. The lowest BCUT2D eigenvalue weighted by Crippen LogP contribution is -2.43. The quantitative estimate of drug-likeness (QED) is 0.624. The van der Waals surface area contributed by atoms with Crippen LogP contribution in [0.15, 0.2) is 0 Å². The van der Waals surface area contributed by atoms with Crippen molar-refractivity contribution in [1.29, 1.82) is 0 Å². The summed E-state index contributed by atoms with van der Waals surface area (Å²) in [6.07, 6.45) is 2.05. The van der Waals surface area contributed by atoms with E-state index in [4.69, 9.17) is 15.6 Å². The number of aliphatic carboxylic acids is 1. The van der Waals surface area contributed by atoms with Crippen LogP contribution in [0.3, 0.4) is 0 Å². The van der Waals surface area contributed by atoms with Crippen molar-refractivity contribution < 1.29 is 24.2 Å². The first-order valence-electron chi connectivity index (χ1n) is 6.31. The van der Waals surface area contributed by atoms with Crippen LogP contribution in [0.25, 0.3) is 0 Å². The molecule has 1 aliphatic carbocycles. The summed E-state index contributed by atoms with van der Waals surface area (Å²) in [7, 11) is 0. The molecule has 0 radical (unpaired) electrons. The van der Waals surface area contributed by atoms with Crippen LogP contribution >= 0.6 is 0 Å². The molecular weight excluding hydrogens is 252 g/mol. The zero-order chi connectivity index (χ0) is 14.4. The van der Waals surface area contributed by atoms with E-state index in [0.717, 1.165) is 17.7 Å². The fourth-order valence-electron chi connectivity index (χ4n) is 2.17. The van der Waals surface area contributed by atoms with Gasteiger partial charge in [0.15, 0.2) is 0 Å². The lowest BCUT2D eigenvalue weighted by Gasteiger charge is -2.35. The monoisotopic (exact) mass is 272 g/mol. The van der Waals surface area contributed by atoms with Crippen molar-refractivity contribution in [3.8, 4) is 0 Å². The van der Waals surface area contributed by atoms with Crippen molar-refractivity contribution in [1.82, 2.24) is 4.90 Å². The molecule has 1 fully saturated rings. The van der Waals surface area contributed by atoms with Gasteiger partial charge in [0.25, 0.3) is 0 Å². The predicted molar refractivity (Wildman–Crippen MR) is 66.2 cm³/mol. The maximum atomic E-state index is 11.9. The van der Waals surface area contributed by atoms with Crippen molar-refractivity contribution in [2.24, 2.45) is 11.7 Å². The third kappa shape index (κ3) is 5.25. The first kappa shape index (κ1) is 15.4. The van der Waals surface area contributed by atoms with Gasteiger partial charge in [-0.05, 0) is 25.7 Å². The van der Waals surface area contributed by atoms with Gasteiger partial charge in [-0.1, -0.05) is 0 Å². The number of nitrogens with two attached hydrogens (primary N) is 1. The van der Waals surface area contributed by atoms with E-state index in [1.54, 1.807) is 0 Å². The molecular formula is C12H20N2O5. The van der Waals surface area contributed by atoms with Crippen molar-refractivity contribution in [3.05, 3.63) is 0 Å². The van der Waals surface area contributed by atoms with Gasteiger partial charge >= 0.3 is 5.97 Å². The SMILES string of the molecule is CCOC1CC(CC(=O)N(CC(N)=O)CC(=O)O)C1. The van der Waals surface area contributed by atoms with Crippen LogP contribution < -0.4 is 5.73 Å². The highest BCUT2D eigenvalue weighted by Crippen LogP contribution is 2.33. The summed E-state index contributed by atoms with van der Waals surface area (Å²) in [5.41, 5.74) is 5.00. The summed E-state index contributed by atoms with van der Waals surface area (Å²) in [6.45, 7) is 1.72. The van der Waals surface area contributed by atoms with Gasteiger partial charge in [-0.15, -0.1) is 0 Å². The summed E-state index contributed by atoms with van der Waals surface area (Å²) in [5.74, 6) is -2.01. The molecule has 1 saturated carbocycles. The molecule has 0 spiro atoms. The van der Waals surface area contributed by atoms with Gasteiger partial charge in [0.05, 0.1) is 12.6 Å². The predicted octanol–water partition coefficient (Wildman–Crippen LogP) is -0.410. The van der Waals surface area contributed by atoms with E-state index in [-0.39, 0.29) is 30.9 Å². The first-order chi connectivity index (χ1) is 8.92. The van der Waals surface area contributed by atoms with E-state index in [2.05, 4.69) is 0 Å². The number of nitrogens with zero attached hydrogens (tertiary/aromatic N) is 1. The fraction of sp³-hybridized carbons (Fsp3) is 0.750. The normalized spacial score (nSPS) is 21.5. The molecule has 0 aromatic heterocycles. The van der Waals surface area contributed by atoms with Crippen LogP contribution in [-0.2, 0) is 19.1 Å². The Morgan fingerprint density at radius 3 is 2.42 bits per heavy atom. The minimum absolute atomic E-state index is 0.201. The highest BCUT2D eigenvalue weighted by atomic mass is 16.5. The number of carbonyl (C=O) groups excluding carboxylic acids is 2. The number of hydrogen-bond donors (Lipinski definition) is 2. The van der Waals surface area contributed by atoms with Crippen LogP contribution in [0.2, 0.25) is 0 Å². The molecule has 7 nitrogen and oxygen atoms in total. The number of carboxylic acid groups (broad SMARTS) is 1. The molecule has 1 aliphatic rings. The molecule has 108 valence electrons. The summed E-state index contributed by atoms with van der Waals surface area (Å²) in [6, 6.07) is 0. The number of amides is 2. The fourth-order valence-corrected chi connectivity index (χ4v) is 2.17. The van der Waals surface area contributed by atoms with Crippen LogP contribution in [0.5, 0.6) is 0 Å². The second-order valence-corrected chi connectivity index (χ2v) is 4.73. The molecule has 7 heteroatoms. The number of ether oxygens (including phenoxy) is 1. The van der Waals surface area contributed by atoms with E-state index in [1.165, 1.54) is 0 Å². The van der Waals surface area contributed by atoms with E-state index < -0.39 is 18.4 Å². The van der Waals surface area contributed by atoms with Crippen molar-refractivity contribution in [2.75, 3.05) is 19.7 Å². The van der Waals surface area contributed by atoms with Crippen molar-refractivity contribution in [3.63, 3.8) is 0 Å². The molecule has 0 atom stereocenters. The minimum atomic E-state index is -1.16. The number of primary amides is 1. The molecule has 0 aromatic carbocycles. The Morgan fingerprint density at radius 2 is 1.95 bits per heavy atom. The van der Waals surface area contributed by atoms with Crippen molar-refractivity contribution >= 4 is 17.8 Å². The standard InChI is InChI=1S/C12H20N2O5/c1-2-19-9-3-8(4-9)5-11(16)14(6-10(13)15)7-12(17)18/h8-9H,2-7H2,1H3,(H2,13,15)(H,17,18). The summed E-state index contributed by atoms with van der Waals surface area (Å²) < 4.78 is 5.39. The van der Waals surface area contributed by atoms with Gasteiger partial charge in [-0.3, -0.25) is 14.4 Å². The van der Waals surface area contributed by atoms with Gasteiger partial charge in [-0.25, -0.2) is 0 Å². The number of hydrogen-bond acceptors (Lipinski definition) is 4. The second kappa shape index (κ2) is 7.08. The summed E-state index contributed by atoms with van der Waals surface area (Å²) in [4.78, 5) is 34.3. The summed E-state index contributed by atoms with van der Waals surface area (Å²) >= 11 is 0. The van der Waals surface area contributed by atoms with Gasteiger partial charge in [0, 0.05) is 13.0 Å². The van der Waals surface area contributed by atoms with Crippen LogP contribution in [-0.4, -0.2) is 53.6 Å². The van der Waals surface area contributed by atoms with Crippen LogP contribution in [0.4, 0.5) is 0 Å². The second-order valence-electron chi connectivity index (χ2n) is 4.73. The molecule has 0 aromatic rings. The lowest BCUT2D eigenvalue weighted by atomic mass is 9.79. The molecule has 0 aliphatic heterocycles. The van der Waals surface area contributed by atoms with Crippen LogP contribution in [0.1, 0.15) is 26.2 Å². The molecule has 3 N–H and O–H groups in total. The highest BCUT2D eigenvalue weighted by Gasteiger charge is 2.32. The zero-order valence-corrected chi connectivity index (χ0v) is 11.0. The number of rotatable bonds is 8. The van der Waals surface area contributed by atoms with Gasteiger partial charge in [0.1, 0.15) is 6.54 Å². The van der Waals surface area contributed by atoms with Gasteiger partial charge in [-0.2, -0.15) is 0 Å². The van der Waals surface area contributed by atoms with Crippen molar-refractivity contribution in [2.45, 2.75) is 32.3 Å². The maximum Gasteiger partial charge on any atom is 0.323 e. The number of carbonyl (C=O) groups is 3. The molecule has 0 heterocycles.